The Morgan fingerprint density at radius 3 is 2.04 bits per heavy atom. The Morgan fingerprint density at radius 2 is 1.42 bits per heavy atom. The van der Waals surface area contributed by atoms with E-state index in [2.05, 4.69) is 24.3 Å². The van der Waals surface area contributed by atoms with E-state index in [1.807, 2.05) is 31.2 Å². The third kappa shape index (κ3) is 2.41. The molecule has 0 saturated heterocycles. The summed E-state index contributed by atoms with van der Waals surface area (Å²) in [5.74, 6) is -0.273. The van der Waals surface area contributed by atoms with Gasteiger partial charge in [0.1, 0.15) is 5.92 Å². The van der Waals surface area contributed by atoms with Crippen LogP contribution in [0.2, 0.25) is 0 Å². The van der Waals surface area contributed by atoms with Crippen LogP contribution in [0.5, 0.6) is 0 Å². The predicted octanol–water partition coefficient (Wildman–Crippen LogP) is 4.70. The maximum absolute atomic E-state index is 12.9. The van der Waals surface area contributed by atoms with Crippen LogP contribution in [-0.4, -0.2) is 11.6 Å². The number of benzene rings is 2. The van der Waals surface area contributed by atoms with Gasteiger partial charge in [0, 0.05) is 11.8 Å². The molecule has 4 rings (SSSR count). The van der Waals surface area contributed by atoms with Gasteiger partial charge in [0.2, 0.25) is 0 Å². The molecule has 0 radical (unpaired) electrons. The van der Waals surface area contributed by atoms with E-state index >= 15 is 0 Å². The van der Waals surface area contributed by atoms with Crippen molar-refractivity contribution in [1.29, 1.82) is 0 Å². The van der Waals surface area contributed by atoms with E-state index in [0.717, 1.165) is 47.9 Å². The van der Waals surface area contributed by atoms with E-state index in [1.165, 1.54) is 0 Å². The number of carbonyl (C=O) groups excluding carboxylic acids is 2. The molecule has 2 aromatic carbocycles. The lowest BCUT2D eigenvalue weighted by Crippen LogP contribution is -2.21. The summed E-state index contributed by atoms with van der Waals surface area (Å²) in [6, 6.07) is 16.3. The van der Waals surface area contributed by atoms with Crippen molar-refractivity contribution >= 4 is 11.6 Å². The van der Waals surface area contributed by atoms with Crippen LogP contribution >= 0.6 is 0 Å². The highest BCUT2D eigenvalue weighted by atomic mass is 16.2. The first-order valence-corrected chi connectivity index (χ1v) is 8.90. The van der Waals surface area contributed by atoms with Gasteiger partial charge in [0.15, 0.2) is 11.6 Å². The van der Waals surface area contributed by atoms with Gasteiger partial charge in [-0.25, -0.2) is 0 Å². The molecule has 2 saturated carbocycles. The maximum Gasteiger partial charge on any atom is 0.151 e. The summed E-state index contributed by atoms with van der Waals surface area (Å²) < 4.78 is 0. The number of carbonyl (C=O) groups is 2. The van der Waals surface area contributed by atoms with Crippen LogP contribution in [0.25, 0.3) is 11.1 Å². The second-order valence-electron chi connectivity index (χ2n) is 7.17. The molecule has 2 nitrogen and oxygen atoms in total. The van der Waals surface area contributed by atoms with E-state index < -0.39 is 5.92 Å². The van der Waals surface area contributed by atoms with Gasteiger partial charge in [0.25, 0.3) is 0 Å². The zero-order chi connectivity index (χ0) is 16.7. The average molecular weight is 318 g/mol. The number of Topliss-reactive ketones (excluding diaryl/α,β-unsaturated/α-hetero) is 2. The van der Waals surface area contributed by atoms with Crippen molar-refractivity contribution in [3.05, 3.63) is 59.7 Å². The summed E-state index contributed by atoms with van der Waals surface area (Å²) in [6.45, 7) is 2.01. The average Bonchev–Trinajstić information content (AvgIpc) is 2.88. The molecule has 2 fully saturated rings. The van der Waals surface area contributed by atoms with Crippen LogP contribution in [-0.2, 0) is 9.59 Å². The van der Waals surface area contributed by atoms with Crippen LogP contribution in [0.1, 0.15) is 42.7 Å². The fourth-order valence-corrected chi connectivity index (χ4v) is 4.45. The highest BCUT2D eigenvalue weighted by Gasteiger charge is 2.50. The van der Waals surface area contributed by atoms with Crippen molar-refractivity contribution in [3.8, 4) is 11.1 Å². The van der Waals surface area contributed by atoms with Gasteiger partial charge in [-0.3, -0.25) is 9.59 Å². The van der Waals surface area contributed by atoms with E-state index in [0.29, 0.717) is 0 Å². The fraction of sp³-hybridized carbons (Fsp3) is 0.364. The molecule has 2 aromatic rings. The maximum atomic E-state index is 12.9. The van der Waals surface area contributed by atoms with Gasteiger partial charge < -0.3 is 0 Å². The summed E-state index contributed by atoms with van der Waals surface area (Å²) in [5.41, 5.74) is 4.15. The molecular formula is C22H22O2. The number of aryl methyl sites for hydroxylation is 1. The molecule has 0 bridgehead atoms. The molecule has 0 aliphatic heterocycles. The number of rotatable bonds is 2. The lowest BCUT2D eigenvalue weighted by molar-refractivity contribution is -0.125. The minimum Gasteiger partial charge on any atom is -0.298 e. The summed E-state index contributed by atoms with van der Waals surface area (Å²) in [6.07, 6.45) is 3.94. The van der Waals surface area contributed by atoms with Crippen molar-refractivity contribution < 1.29 is 9.59 Å². The van der Waals surface area contributed by atoms with Crippen LogP contribution in [0.4, 0.5) is 0 Å². The third-order valence-corrected chi connectivity index (χ3v) is 5.76. The lowest BCUT2D eigenvalue weighted by Gasteiger charge is -2.21. The molecule has 2 unspecified atom stereocenters. The highest BCUT2D eigenvalue weighted by molar-refractivity contribution is 6.16. The molecular weight excluding hydrogens is 296 g/mol. The molecule has 2 aliphatic rings. The van der Waals surface area contributed by atoms with E-state index in [1.54, 1.807) is 0 Å². The summed E-state index contributed by atoms with van der Waals surface area (Å²) in [4.78, 5) is 25.9. The monoisotopic (exact) mass is 318 g/mol. The van der Waals surface area contributed by atoms with Crippen LogP contribution in [0.3, 0.4) is 0 Å². The van der Waals surface area contributed by atoms with Crippen LogP contribution < -0.4 is 0 Å². The van der Waals surface area contributed by atoms with E-state index in [9.17, 15) is 9.59 Å². The molecule has 0 spiro atoms. The van der Waals surface area contributed by atoms with Gasteiger partial charge in [-0.2, -0.15) is 0 Å². The first-order valence-electron chi connectivity index (χ1n) is 8.90. The smallest absolute Gasteiger partial charge is 0.151 e. The first kappa shape index (κ1) is 15.3. The van der Waals surface area contributed by atoms with Gasteiger partial charge in [-0.15, -0.1) is 0 Å². The Hall–Kier alpha value is -2.22. The molecule has 122 valence electrons. The highest BCUT2D eigenvalue weighted by Crippen LogP contribution is 2.45. The number of hydrogen-bond donors (Lipinski definition) is 0. The van der Waals surface area contributed by atoms with Gasteiger partial charge in [-0.05, 0) is 48.1 Å². The fourth-order valence-electron chi connectivity index (χ4n) is 4.45. The standard InChI is InChI=1S/C22H22O2/c1-14-11-12-16(15-7-3-2-4-8-15)13-19(14)20-21(23)17-9-5-6-10-18(17)22(20)24/h2-4,7-8,11-13,17-18,20H,5-6,9-10H2,1H3. The summed E-state index contributed by atoms with van der Waals surface area (Å²) in [5, 5.41) is 0. The Bertz CT molecular complexity index is 767. The second-order valence-corrected chi connectivity index (χ2v) is 7.17. The molecule has 24 heavy (non-hydrogen) atoms. The normalized spacial score (nSPS) is 26.5. The third-order valence-electron chi connectivity index (χ3n) is 5.76. The molecule has 0 N–H and O–H groups in total. The zero-order valence-corrected chi connectivity index (χ0v) is 14.0. The van der Waals surface area contributed by atoms with Crippen molar-refractivity contribution in [2.75, 3.05) is 0 Å². The van der Waals surface area contributed by atoms with E-state index in [4.69, 9.17) is 0 Å². The minimum atomic E-state index is -0.540. The minimum absolute atomic E-state index is 0.0315. The Labute approximate surface area is 142 Å². The molecule has 0 heterocycles. The Morgan fingerprint density at radius 1 is 0.792 bits per heavy atom. The molecule has 0 aromatic heterocycles. The van der Waals surface area contributed by atoms with Crippen LogP contribution in [0.15, 0.2) is 48.5 Å². The van der Waals surface area contributed by atoms with Gasteiger partial charge >= 0.3 is 0 Å². The van der Waals surface area contributed by atoms with Gasteiger partial charge in [0.05, 0.1) is 0 Å². The van der Waals surface area contributed by atoms with Crippen molar-refractivity contribution in [1.82, 2.24) is 0 Å². The van der Waals surface area contributed by atoms with Crippen molar-refractivity contribution in [2.24, 2.45) is 11.8 Å². The molecule has 2 heteroatoms. The van der Waals surface area contributed by atoms with Crippen LogP contribution in [0, 0.1) is 18.8 Å². The topological polar surface area (TPSA) is 34.1 Å². The lowest BCUT2D eigenvalue weighted by atomic mass is 9.81. The predicted molar refractivity (Wildman–Crippen MR) is 94.8 cm³/mol. The molecule has 2 atom stereocenters. The quantitative estimate of drug-likeness (QED) is 0.752. The van der Waals surface area contributed by atoms with E-state index in [-0.39, 0.29) is 23.4 Å². The summed E-state index contributed by atoms with van der Waals surface area (Å²) in [7, 11) is 0. The van der Waals surface area contributed by atoms with Crippen molar-refractivity contribution in [2.45, 2.75) is 38.5 Å². The summed E-state index contributed by atoms with van der Waals surface area (Å²) >= 11 is 0. The number of hydrogen-bond acceptors (Lipinski definition) is 2. The first-order chi connectivity index (χ1) is 11.7. The zero-order valence-electron chi connectivity index (χ0n) is 14.0. The van der Waals surface area contributed by atoms with Crippen molar-refractivity contribution in [3.63, 3.8) is 0 Å². The largest absolute Gasteiger partial charge is 0.298 e. The molecule has 0 amide bonds. The Balaban J connectivity index is 1.76. The second kappa shape index (κ2) is 6.01. The SMILES string of the molecule is Cc1ccc(-c2ccccc2)cc1C1C(=O)C2CCCCC2C1=O. The molecule has 2 aliphatic carbocycles. The number of fused-ring (bicyclic) bond motifs is 1. The number of ketones is 2. The Kier molecular flexibility index (Phi) is 3.84. The van der Waals surface area contributed by atoms with Gasteiger partial charge in [-0.1, -0.05) is 55.3 Å².